The highest BCUT2D eigenvalue weighted by molar-refractivity contribution is 5.88. The van der Waals surface area contributed by atoms with Crippen molar-refractivity contribution in [1.82, 2.24) is 0 Å². The summed E-state index contributed by atoms with van der Waals surface area (Å²) in [6.45, 7) is 0. The number of rotatable bonds is 2. The Labute approximate surface area is 141 Å². The molecule has 122 valence electrons. The highest BCUT2D eigenvalue weighted by Gasteiger charge is 2.53. The number of hydrogen-bond donors (Lipinski definition) is 2. The van der Waals surface area contributed by atoms with Crippen molar-refractivity contribution < 1.29 is 9.90 Å². The van der Waals surface area contributed by atoms with Crippen molar-refractivity contribution in [2.45, 2.75) is 31.2 Å². The second-order valence-corrected chi connectivity index (χ2v) is 7.58. The Balaban J connectivity index is 1.64. The Morgan fingerprint density at radius 3 is 2.62 bits per heavy atom. The number of hydrogen-bond acceptors (Lipinski definition) is 2. The van der Waals surface area contributed by atoms with Crippen LogP contribution in [-0.2, 0) is 0 Å². The van der Waals surface area contributed by atoms with Crippen molar-refractivity contribution >= 4 is 11.7 Å². The molecule has 2 N–H and O–H groups in total. The van der Waals surface area contributed by atoms with Crippen molar-refractivity contribution in [2.24, 2.45) is 17.8 Å². The van der Waals surface area contributed by atoms with Gasteiger partial charge in [-0.3, -0.25) is 0 Å². The summed E-state index contributed by atoms with van der Waals surface area (Å²) in [6, 6.07) is 16.7. The van der Waals surface area contributed by atoms with Crippen LogP contribution in [0, 0.1) is 17.8 Å². The van der Waals surface area contributed by atoms with Crippen LogP contribution in [0.5, 0.6) is 0 Å². The topological polar surface area (TPSA) is 49.3 Å². The highest BCUT2D eigenvalue weighted by Crippen LogP contribution is 2.63. The molecule has 0 amide bonds. The third-order valence-electron chi connectivity index (χ3n) is 6.49. The van der Waals surface area contributed by atoms with E-state index in [0.717, 1.165) is 17.5 Å². The molecular weight excluding hydrogens is 298 g/mol. The lowest BCUT2D eigenvalue weighted by Gasteiger charge is -2.43. The maximum atomic E-state index is 11.4. The molecule has 2 bridgehead atoms. The van der Waals surface area contributed by atoms with Gasteiger partial charge < -0.3 is 10.4 Å². The minimum atomic E-state index is -0.831. The van der Waals surface area contributed by atoms with E-state index in [2.05, 4.69) is 35.6 Å². The molecule has 24 heavy (non-hydrogen) atoms. The van der Waals surface area contributed by atoms with Crippen LogP contribution >= 0.6 is 0 Å². The van der Waals surface area contributed by atoms with E-state index in [9.17, 15) is 9.90 Å². The van der Waals surface area contributed by atoms with Gasteiger partial charge in [-0.05, 0) is 72.3 Å². The standard InChI is InChI=1S/C21H21NO2/c23-21(24)15-8-9-17-16(11-15)18-13-6-7-14(10-13)19(18)20(22-17)12-4-2-1-3-5-12/h1-5,8-9,11,13-14,18-20,22H,6-7,10H2,(H,23,24)/t13-,14+,18-,19-,20+/m1/s1. The van der Waals surface area contributed by atoms with Crippen LogP contribution in [0.4, 0.5) is 5.69 Å². The molecule has 2 fully saturated rings. The quantitative estimate of drug-likeness (QED) is 0.845. The van der Waals surface area contributed by atoms with E-state index in [4.69, 9.17) is 0 Å². The first kappa shape index (κ1) is 14.1. The summed E-state index contributed by atoms with van der Waals surface area (Å²) in [5.41, 5.74) is 4.13. The van der Waals surface area contributed by atoms with Gasteiger partial charge >= 0.3 is 5.97 Å². The molecule has 2 saturated carbocycles. The molecule has 2 aromatic carbocycles. The number of carboxylic acids is 1. The molecule has 2 aliphatic carbocycles. The molecule has 3 heteroatoms. The number of carbonyl (C=O) groups is 1. The van der Waals surface area contributed by atoms with Crippen molar-refractivity contribution in [3.8, 4) is 0 Å². The van der Waals surface area contributed by atoms with E-state index >= 15 is 0 Å². The molecule has 3 nitrogen and oxygen atoms in total. The van der Waals surface area contributed by atoms with Gasteiger partial charge in [0.05, 0.1) is 11.6 Å². The van der Waals surface area contributed by atoms with Gasteiger partial charge in [0.25, 0.3) is 0 Å². The summed E-state index contributed by atoms with van der Waals surface area (Å²) in [5.74, 6) is 1.74. The molecular formula is C21H21NO2. The Morgan fingerprint density at radius 2 is 1.83 bits per heavy atom. The Kier molecular flexibility index (Phi) is 2.99. The lowest BCUT2D eigenvalue weighted by molar-refractivity contribution is 0.0696. The fourth-order valence-electron chi connectivity index (χ4n) is 5.61. The number of aromatic carboxylic acids is 1. The zero-order valence-corrected chi connectivity index (χ0v) is 13.5. The van der Waals surface area contributed by atoms with Gasteiger partial charge in [-0.1, -0.05) is 30.3 Å². The first-order chi connectivity index (χ1) is 11.7. The molecule has 0 spiro atoms. The average Bonchev–Trinajstić information content (AvgIpc) is 3.23. The third-order valence-corrected chi connectivity index (χ3v) is 6.49. The summed E-state index contributed by atoms with van der Waals surface area (Å²) >= 11 is 0. The van der Waals surface area contributed by atoms with Gasteiger partial charge in [0.15, 0.2) is 0 Å². The van der Waals surface area contributed by atoms with Crippen molar-refractivity contribution in [3.63, 3.8) is 0 Å². The predicted octanol–water partition coefficient (Wildman–Crippen LogP) is 4.68. The fraction of sp³-hybridized carbons (Fsp3) is 0.381. The number of carboxylic acid groups (broad SMARTS) is 1. The number of fused-ring (bicyclic) bond motifs is 7. The van der Waals surface area contributed by atoms with Crippen LogP contribution in [0.3, 0.4) is 0 Å². The molecule has 2 aromatic rings. The summed E-state index contributed by atoms with van der Waals surface area (Å²) < 4.78 is 0. The second kappa shape index (κ2) is 5.10. The SMILES string of the molecule is O=C(O)c1ccc2c(c1)[C@H]1[C@@H]3CC[C@@H](C3)[C@H]1[C@H](c1ccccc1)N2. The van der Waals surface area contributed by atoms with Crippen LogP contribution in [-0.4, -0.2) is 11.1 Å². The van der Waals surface area contributed by atoms with E-state index in [-0.39, 0.29) is 0 Å². The maximum absolute atomic E-state index is 11.4. The number of benzene rings is 2. The largest absolute Gasteiger partial charge is 0.478 e. The van der Waals surface area contributed by atoms with Gasteiger partial charge in [-0.2, -0.15) is 0 Å². The Hall–Kier alpha value is -2.29. The summed E-state index contributed by atoms with van der Waals surface area (Å²) in [5, 5.41) is 13.1. The second-order valence-electron chi connectivity index (χ2n) is 7.58. The van der Waals surface area contributed by atoms with E-state index in [1.165, 1.54) is 30.4 Å². The summed E-state index contributed by atoms with van der Waals surface area (Å²) in [6.07, 6.45) is 3.92. The lowest BCUT2D eigenvalue weighted by Crippen LogP contribution is -2.35. The van der Waals surface area contributed by atoms with E-state index in [1.54, 1.807) is 6.07 Å². The summed E-state index contributed by atoms with van der Waals surface area (Å²) in [4.78, 5) is 11.4. The molecule has 0 unspecified atom stereocenters. The zero-order valence-electron chi connectivity index (χ0n) is 13.5. The van der Waals surface area contributed by atoms with Gasteiger partial charge in [0, 0.05) is 5.69 Å². The first-order valence-corrected chi connectivity index (χ1v) is 8.91. The number of nitrogens with one attached hydrogen (secondary N) is 1. The molecule has 1 heterocycles. The van der Waals surface area contributed by atoms with Crippen LogP contribution < -0.4 is 5.32 Å². The molecule has 0 radical (unpaired) electrons. The fourth-order valence-corrected chi connectivity index (χ4v) is 5.61. The van der Waals surface area contributed by atoms with Crippen molar-refractivity contribution in [1.29, 1.82) is 0 Å². The molecule has 0 saturated heterocycles. The minimum Gasteiger partial charge on any atom is -0.478 e. The van der Waals surface area contributed by atoms with Crippen molar-refractivity contribution in [2.75, 3.05) is 5.32 Å². The Bertz CT molecular complexity index is 801. The average molecular weight is 319 g/mol. The van der Waals surface area contributed by atoms with Crippen LogP contribution in [0.2, 0.25) is 0 Å². The van der Waals surface area contributed by atoms with E-state index < -0.39 is 5.97 Å². The predicted molar refractivity (Wildman–Crippen MR) is 93.3 cm³/mol. The molecule has 0 aromatic heterocycles. The van der Waals surface area contributed by atoms with Gasteiger partial charge in [-0.15, -0.1) is 0 Å². The van der Waals surface area contributed by atoms with Gasteiger partial charge in [-0.25, -0.2) is 4.79 Å². The smallest absolute Gasteiger partial charge is 0.335 e. The van der Waals surface area contributed by atoms with Crippen LogP contribution in [0.15, 0.2) is 48.5 Å². The molecule has 5 atom stereocenters. The monoisotopic (exact) mass is 319 g/mol. The maximum Gasteiger partial charge on any atom is 0.335 e. The van der Waals surface area contributed by atoms with E-state index in [1.807, 2.05) is 12.1 Å². The molecule has 3 aliphatic rings. The summed E-state index contributed by atoms with van der Waals surface area (Å²) in [7, 11) is 0. The van der Waals surface area contributed by atoms with Gasteiger partial charge in [0.2, 0.25) is 0 Å². The van der Waals surface area contributed by atoms with Crippen LogP contribution in [0.25, 0.3) is 0 Å². The minimum absolute atomic E-state index is 0.342. The third kappa shape index (κ3) is 1.94. The lowest BCUT2D eigenvalue weighted by atomic mass is 9.68. The van der Waals surface area contributed by atoms with Crippen LogP contribution in [0.1, 0.15) is 52.7 Å². The molecule has 1 aliphatic heterocycles. The zero-order chi connectivity index (χ0) is 16.3. The first-order valence-electron chi connectivity index (χ1n) is 8.91. The number of anilines is 1. The Morgan fingerprint density at radius 1 is 1.04 bits per heavy atom. The molecule has 5 rings (SSSR count). The normalized spacial score (nSPS) is 32.8. The van der Waals surface area contributed by atoms with E-state index in [0.29, 0.717) is 23.4 Å². The van der Waals surface area contributed by atoms with Gasteiger partial charge in [0.1, 0.15) is 0 Å². The van der Waals surface area contributed by atoms with Crippen molar-refractivity contribution in [3.05, 3.63) is 65.2 Å². The highest BCUT2D eigenvalue weighted by atomic mass is 16.4.